The largest absolute Gasteiger partial charge is 0.496 e. The number of nitrogens with zero attached hydrogens (tertiary/aromatic N) is 2. The molecule has 0 bridgehead atoms. The fourth-order valence-corrected chi connectivity index (χ4v) is 3.75. The highest BCUT2D eigenvalue weighted by molar-refractivity contribution is 5.91. The molecule has 0 spiro atoms. The third-order valence-electron chi connectivity index (χ3n) is 5.44. The summed E-state index contributed by atoms with van der Waals surface area (Å²) in [4.78, 5) is 26.1. The number of carbonyl (C=O) groups is 2. The Labute approximate surface area is 209 Å². The molecule has 4 rings (SSSR count). The van der Waals surface area contributed by atoms with Gasteiger partial charge in [0.1, 0.15) is 18.1 Å². The lowest BCUT2D eigenvalue weighted by Gasteiger charge is -2.22. The first-order valence-corrected chi connectivity index (χ1v) is 11.4. The standard InChI is InChI=1S/C28H27N3O5/c1-20(32)30-24-9-11-25(12-10-24)35-19-23-16-22(8-13-26(23)34-2)18-31(17-21-6-4-3-5-7-21)28(33)27-14-15-29-36-27/h3-16H,17-19H2,1-2H3,(H,30,32). The number of benzene rings is 3. The SMILES string of the molecule is COc1ccc(CN(Cc2ccccc2)C(=O)c2ccno2)cc1COc1ccc(NC(C)=O)cc1. The van der Waals surface area contributed by atoms with Crippen LogP contribution in [0.2, 0.25) is 0 Å². The molecular weight excluding hydrogens is 458 g/mol. The van der Waals surface area contributed by atoms with Crippen molar-refractivity contribution in [3.05, 3.63) is 108 Å². The summed E-state index contributed by atoms with van der Waals surface area (Å²) in [5.74, 6) is 1.15. The summed E-state index contributed by atoms with van der Waals surface area (Å²) in [6.45, 7) is 2.50. The quantitative estimate of drug-likeness (QED) is 0.337. The Kier molecular flexibility index (Phi) is 7.97. The molecule has 1 aromatic heterocycles. The van der Waals surface area contributed by atoms with Crippen molar-refractivity contribution in [2.24, 2.45) is 0 Å². The summed E-state index contributed by atoms with van der Waals surface area (Å²) in [6, 6.07) is 24.2. The van der Waals surface area contributed by atoms with Crippen LogP contribution in [0, 0.1) is 0 Å². The van der Waals surface area contributed by atoms with E-state index in [-0.39, 0.29) is 24.2 Å². The predicted octanol–water partition coefficient (Wildman–Crippen LogP) is 5.06. The molecule has 0 aliphatic carbocycles. The molecule has 184 valence electrons. The Balaban J connectivity index is 1.51. The van der Waals surface area contributed by atoms with Crippen molar-refractivity contribution in [1.29, 1.82) is 0 Å². The summed E-state index contributed by atoms with van der Waals surface area (Å²) in [5, 5.41) is 6.40. The lowest BCUT2D eigenvalue weighted by Crippen LogP contribution is -2.30. The maximum Gasteiger partial charge on any atom is 0.293 e. The Hall–Kier alpha value is -4.59. The van der Waals surface area contributed by atoms with Crippen molar-refractivity contribution < 1.29 is 23.6 Å². The van der Waals surface area contributed by atoms with E-state index in [2.05, 4.69) is 10.5 Å². The maximum atomic E-state index is 13.1. The first-order chi connectivity index (χ1) is 17.5. The molecule has 2 amide bonds. The second-order valence-corrected chi connectivity index (χ2v) is 8.16. The fourth-order valence-electron chi connectivity index (χ4n) is 3.75. The van der Waals surface area contributed by atoms with Crippen LogP contribution in [0.4, 0.5) is 5.69 Å². The first kappa shape index (κ1) is 24.5. The van der Waals surface area contributed by atoms with Crippen LogP contribution < -0.4 is 14.8 Å². The van der Waals surface area contributed by atoms with Crippen molar-refractivity contribution in [2.75, 3.05) is 12.4 Å². The summed E-state index contributed by atoms with van der Waals surface area (Å²) in [6.07, 6.45) is 1.46. The van der Waals surface area contributed by atoms with E-state index < -0.39 is 0 Å². The van der Waals surface area contributed by atoms with Gasteiger partial charge in [0, 0.05) is 37.3 Å². The van der Waals surface area contributed by atoms with Gasteiger partial charge in [-0.1, -0.05) is 41.6 Å². The number of hydrogen-bond acceptors (Lipinski definition) is 6. The minimum atomic E-state index is -0.246. The number of aromatic nitrogens is 1. The van der Waals surface area contributed by atoms with Crippen LogP contribution in [0.5, 0.6) is 11.5 Å². The van der Waals surface area contributed by atoms with Crippen molar-refractivity contribution in [3.63, 3.8) is 0 Å². The molecule has 0 unspecified atom stereocenters. The summed E-state index contributed by atoms with van der Waals surface area (Å²) < 4.78 is 16.6. The topological polar surface area (TPSA) is 93.9 Å². The Morgan fingerprint density at radius 1 is 0.944 bits per heavy atom. The zero-order chi connectivity index (χ0) is 25.3. The highest BCUT2D eigenvalue weighted by Gasteiger charge is 2.20. The van der Waals surface area contributed by atoms with Gasteiger partial charge in [-0.05, 0) is 47.5 Å². The van der Waals surface area contributed by atoms with Gasteiger partial charge in [0.05, 0.1) is 13.3 Å². The van der Waals surface area contributed by atoms with Gasteiger partial charge in [-0.25, -0.2) is 0 Å². The molecule has 4 aromatic rings. The van der Waals surface area contributed by atoms with Crippen molar-refractivity contribution >= 4 is 17.5 Å². The second kappa shape index (κ2) is 11.7. The van der Waals surface area contributed by atoms with Crippen LogP contribution in [-0.2, 0) is 24.5 Å². The van der Waals surface area contributed by atoms with Gasteiger partial charge in [0.15, 0.2) is 0 Å². The Morgan fingerprint density at radius 2 is 1.69 bits per heavy atom. The molecule has 0 saturated carbocycles. The molecule has 3 aromatic carbocycles. The molecule has 1 heterocycles. The van der Waals surface area contributed by atoms with Crippen LogP contribution in [0.15, 0.2) is 89.6 Å². The Bertz CT molecular complexity index is 1290. The predicted molar refractivity (Wildman–Crippen MR) is 135 cm³/mol. The van der Waals surface area contributed by atoms with Gasteiger partial charge in [-0.3, -0.25) is 9.59 Å². The summed E-state index contributed by atoms with van der Waals surface area (Å²) >= 11 is 0. The number of nitrogens with one attached hydrogen (secondary N) is 1. The normalized spacial score (nSPS) is 10.5. The molecule has 8 heteroatoms. The molecule has 1 N–H and O–H groups in total. The smallest absolute Gasteiger partial charge is 0.293 e. The van der Waals surface area contributed by atoms with Crippen LogP contribution in [0.25, 0.3) is 0 Å². The van der Waals surface area contributed by atoms with Gasteiger partial charge in [-0.15, -0.1) is 0 Å². The zero-order valence-corrected chi connectivity index (χ0v) is 20.1. The average Bonchev–Trinajstić information content (AvgIpc) is 3.43. The number of rotatable bonds is 10. The zero-order valence-electron chi connectivity index (χ0n) is 20.1. The molecule has 0 aliphatic rings. The molecule has 8 nitrogen and oxygen atoms in total. The number of amides is 2. The molecule has 0 aliphatic heterocycles. The van der Waals surface area contributed by atoms with Gasteiger partial charge in [0.2, 0.25) is 11.7 Å². The van der Waals surface area contributed by atoms with Crippen LogP contribution in [0.1, 0.15) is 34.2 Å². The fraction of sp³-hybridized carbons (Fsp3) is 0.179. The monoisotopic (exact) mass is 485 g/mol. The lowest BCUT2D eigenvalue weighted by molar-refractivity contribution is -0.114. The molecule has 36 heavy (non-hydrogen) atoms. The van der Waals surface area contributed by atoms with Crippen molar-refractivity contribution in [3.8, 4) is 11.5 Å². The van der Waals surface area contributed by atoms with Gasteiger partial charge >= 0.3 is 0 Å². The van der Waals surface area contributed by atoms with Crippen LogP contribution >= 0.6 is 0 Å². The summed E-state index contributed by atoms with van der Waals surface area (Å²) in [7, 11) is 1.61. The average molecular weight is 486 g/mol. The Morgan fingerprint density at radius 3 is 2.36 bits per heavy atom. The number of ether oxygens (including phenoxy) is 2. The van der Waals surface area contributed by atoms with Crippen molar-refractivity contribution in [1.82, 2.24) is 10.1 Å². The van der Waals surface area contributed by atoms with E-state index in [0.717, 1.165) is 16.7 Å². The maximum absolute atomic E-state index is 13.1. The minimum Gasteiger partial charge on any atom is -0.496 e. The van der Waals surface area contributed by atoms with Crippen molar-refractivity contribution in [2.45, 2.75) is 26.6 Å². The van der Waals surface area contributed by atoms with Gasteiger partial charge in [-0.2, -0.15) is 0 Å². The molecule has 0 atom stereocenters. The van der Waals surface area contributed by atoms with E-state index in [1.807, 2.05) is 48.5 Å². The van der Waals surface area contributed by atoms with E-state index in [0.29, 0.717) is 30.3 Å². The molecule has 0 saturated heterocycles. The van der Waals surface area contributed by atoms with E-state index in [1.165, 1.54) is 13.1 Å². The number of hydrogen-bond donors (Lipinski definition) is 1. The second-order valence-electron chi connectivity index (χ2n) is 8.16. The first-order valence-electron chi connectivity index (χ1n) is 11.4. The molecule has 0 fully saturated rings. The van der Waals surface area contributed by atoms with Crippen LogP contribution in [-0.4, -0.2) is 29.0 Å². The molecular formula is C28H27N3O5. The van der Waals surface area contributed by atoms with E-state index in [1.54, 1.807) is 42.3 Å². The highest BCUT2D eigenvalue weighted by atomic mass is 16.5. The highest BCUT2D eigenvalue weighted by Crippen LogP contribution is 2.25. The van der Waals surface area contributed by atoms with E-state index in [9.17, 15) is 9.59 Å². The number of carbonyl (C=O) groups excluding carboxylic acids is 2. The van der Waals surface area contributed by atoms with E-state index >= 15 is 0 Å². The van der Waals surface area contributed by atoms with Gasteiger partial charge < -0.3 is 24.2 Å². The third-order valence-corrected chi connectivity index (χ3v) is 5.44. The van der Waals surface area contributed by atoms with Gasteiger partial charge in [0.25, 0.3) is 5.91 Å². The number of methoxy groups -OCH3 is 1. The van der Waals surface area contributed by atoms with E-state index in [4.69, 9.17) is 14.0 Å². The lowest BCUT2D eigenvalue weighted by atomic mass is 10.1. The molecule has 0 radical (unpaired) electrons. The third kappa shape index (κ3) is 6.50. The van der Waals surface area contributed by atoms with Crippen LogP contribution in [0.3, 0.4) is 0 Å². The summed E-state index contributed by atoms with van der Waals surface area (Å²) in [5.41, 5.74) is 3.46. The number of anilines is 1. The minimum absolute atomic E-state index is 0.131.